The van der Waals surface area contributed by atoms with Crippen LogP contribution in [0.4, 0.5) is 0 Å². The number of nitrogens with one attached hydrogen (secondary N) is 1. The molecular formula is C24H33NO4. The van der Waals surface area contributed by atoms with Gasteiger partial charge in [0.1, 0.15) is 13.2 Å². The third-order valence-corrected chi connectivity index (χ3v) is 8.21. The van der Waals surface area contributed by atoms with Crippen LogP contribution in [-0.4, -0.2) is 31.8 Å². The van der Waals surface area contributed by atoms with E-state index in [2.05, 4.69) is 31.3 Å². The summed E-state index contributed by atoms with van der Waals surface area (Å²) in [7, 11) is 0. The fourth-order valence-corrected chi connectivity index (χ4v) is 6.66. The summed E-state index contributed by atoms with van der Waals surface area (Å²) in [5.41, 5.74) is 1.42. The molecule has 2 saturated carbocycles. The van der Waals surface area contributed by atoms with Crippen LogP contribution in [0, 0.1) is 28.6 Å². The molecule has 1 amide bonds. The molecule has 158 valence electrons. The van der Waals surface area contributed by atoms with E-state index >= 15 is 0 Å². The molecule has 29 heavy (non-hydrogen) atoms. The molecule has 1 aromatic carbocycles. The maximum atomic E-state index is 12.7. The van der Waals surface area contributed by atoms with E-state index in [9.17, 15) is 4.79 Å². The van der Waals surface area contributed by atoms with Gasteiger partial charge >= 0.3 is 0 Å². The third kappa shape index (κ3) is 2.80. The molecule has 2 bridgehead atoms. The molecule has 0 aromatic heterocycles. The summed E-state index contributed by atoms with van der Waals surface area (Å²) in [5.74, 6) is 2.87. The topological polar surface area (TPSA) is 56.8 Å². The zero-order valence-corrected chi connectivity index (χ0v) is 18.0. The van der Waals surface area contributed by atoms with Crippen molar-refractivity contribution in [3.05, 3.63) is 23.8 Å². The Labute approximate surface area is 173 Å². The molecule has 2 aliphatic carbocycles. The van der Waals surface area contributed by atoms with Gasteiger partial charge in [-0.15, -0.1) is 0 Å². The molecule has 1 N–H and O–H groups in total. The zero-order chi connectivity index (χ0) is 20.4. The van der Waals surface area contributed by atoms with Gasteiger partial charge in [0.15, 0.2) is 11.5 Å². The molecule has 4 aliphatic rings. The smallest absolute Gasteiger partial charge is 0.222 e. The van der Waals surface area contributed by atoms with Gasteiger partial charge in [0.25, 0.3) is 0 Å². The fraction of sp³-hybridized carbons (Fsp3) is 0.708. The minimum Gasteiger partial charge on any atom is -0.486 e. The van der Waals surface area contributed by atoms with Crippen LogP contribution in [0.25, 0.3) is 0 Å². The highest BCUT2D eigenvalue weighted by Crippen LogP contribution is 2.70. The second-order valence-corrected chi connectivity index (χ2v) is 10.3. The standard InChI is InChI=1S/C24H33NO4/c1-14(2)21(26)25-22-23(3,4)16-12-17-20(29-8-7-24(17,22)13-16)15-5-6-18-19(11-15)28-10-9-27-18/h5-6,11,14,16-17,20,22H,7-10,12-13H2,1-4H3,(H,25,26)/t16-,17-,20-,22+,24?/m1/s1. The predicted octanol–water partition coefficient (Wildman–Crippen LogP) is 4.11. The Balaban J connectivity index is 1.48. The fourth-order valence-electron chi connectivity index (χ4n) is 6.66. The minimum absolute atomic E-state index is 0.00760. The van der Waals surface area contributed by atoms with E-state index in [4.69, 9.17) is 14.2 Å². The molecular weight excluding hydrogens is 366 g/mol. The van der Waals surface area contributed by atoms with Gasteiger partial charge in [-0.2, -0.15) is 0 Å². The average Bonchev–Trinajstić information content (AvgIpc) is 3.19. The van der Waals surface area contributed by atoms with Gasteiger partial charge in [0, 0.05) is 18.6 Å². The van der Waals surface area contributed by atoms with Crippen LogP contribution in [0.3, 0.4) is 0 Å². The van der Waals surface area contributed by atoms with Crippen LogP contribution in [0.2, 0.25) is 0 Å². The highest BCUT2D eigenvalue weighted by molar-refractivity contribution is 5.78. The molecule has 1 spiro atoms. The molecule has 5 rings (SSSR count). The maximum Gasteiger partial charge on any atom is 0.222 e. The van der Waals surface area contributed by atoms with Crippen LogP contribution >= 0.6 is 0 Å². The first kappa shape index (κ1) is 19.2. The van der Waals surface area contributed by atoms with E-state index in [1.807, 2.05) is 19.9 Å². The third-order valence-electron chi connectivity index (χ3n) is 8.21. The van der Waals surface area contributed by atoms with Gasteiger partial charge in [0.05, 0.1) is 6.10 Å². The van der Waals surface area contributed by atoms with Crippen molar-refractivity contribution >= 4 is 5.91 Å². The van der Waals surface area contributed by atoms with Gasteiger partial charge in [-0.05, 0) is 59.6 Å². The van der Waals surface area contributed by atoms with Crippen molar-refractivity contribution in [3.8, 4) is 11.5 Å². The highest BCUT2D eigenvalue weighted by Gasteiger charge is 2.68. The van der Waals surface area contributed by atoms with Crippen molar-refractivity contribution in [1.82, 2.24) is 5.32 Å². The SMILES string of the molecule is CC(C)C(=O)N[C@H]1C(C)(C)[C@@H]2C[C@@H]3[C@@H](c4ccc5c(c4)OCCO5)OCCC31C2. The molecule has 1 aromatic rings. The van der Waals surface area contributed by atoms with Crippen molar-refractivity contribution in [2.24, 2.45) is 28.6 Å². The number of carbonyl (C=O) groups is 1. The van der Waals surface area contributed by atoms with E-state index in [1.165, 1.54) is 18.4 Å². The number of rotatable bonds is 3. The van der Waals surface area contributed by atoms with Gasteiger partial charge in [-0.1, -0.05) is 33.8 Å². The second kappa shape index (κ2) is 6.63. The number of ether oxygens (including phenoxy) is 3. The molecule has 0 radical (unpaired) electrons. The summed E-state index contributed by atoms with van der Waals surface area (Å²) >= 11 is 0. The quantitative estimate of drug-likeness (QED) is 0.831. The Bertz CT molecular complexity index is 819. The van der Waals surface area contributed by atoms with Gasteiger partial charge < -0.3 is 19.5 Å². The van der Waals surface area contributed by atoms with Crippen LogP contribution in [0.5, 0.6) is 11.5 Å². The lowest BCUT2D eigenvalue weighted by Gasteiger charge is -2.53. The van der Waals surface area contributed by atoms with Crippen LogP contribution < -0.4 is 14.8 Å². The Hall–Kier alpha value is -1.75. The first-order chi connectivity index (χ1) is 13.8. The van der Waals surface area contributed by atoms with E-state index < -0.39 is 0 Å². The monoisotopic (exact) mass is 399 g/mol. The van der Waals surface area contributed by atoms with Crippen molar-refractivity contribution in [3.63, 3.8) is 0 Å². The van der Waals surface area contributed by atoms with Gasteiger partial charge in [-0.3, -0.25) is 4.79 Å². The maximum absolute atomic E-state index is 12.7. The zero-order valence-electron chi connectivity index (χ0n) is 18.0. The van der Waals surface area contributed by atoms with E-state index in [1.54, 1.807) is 0 Å². The molecule has 2 aliphatic heterocycles. The number of hydrogen-bond donors (Lipinski definition) is 1. The van der Waals surface area contributed by atoms with E-state index in [-0.39, 0.29) is 34.8 Å². The van der Waals surface area contributed by atoms with Crippen LogP contribution in [0.1, 0.15) is 58.6 Å². The summed E-state index contributed by atoms with van der Waals surface area (Å²) in [6.45, 7) is 10.6. The lowest BCUT2D eigenvalue weighted by molar-refractivity contribution is -0.139. The summed E-state index contributed by atoms with van der Waals surface area (Å²) in [6.07, 6.45) is 3.44. The largest absolute Gasteiger partial charge is 0.486 e. The number of fused-ring (bicyclic) bond motifs is 2. The molecule has 5 atom stereocenters. The van der Waals surface area contributed by atoms with Crippen LogP contribution in [0.15, 0.2) is 18.2 Å². The number of hydrogen-bond acceptors (Lipinski definition) is 4. The van der Waals surface area contributed by atoms with Crippen molar-refractivity contribution in [2.75, 3.05) is 19.8 Å². The Kier molecular flexibility index (Phi) is 4.39. The van der Waals surface area contributed by atoms with Crippen molar-refractivity contribution in [1.29, 1.82) is 0 Å². The Morgan fingerprint density at radius 3 is 2.66 bits per heavy atom. The number of carbonyl (C=O) groups excluding carboxylic acids is 1. The molecule has 1 unspecified atom stereocenters. The average molecular weight is 400 g/mol. The molecule has 5 heteroatoms. The van der Waals surface area contributed by atoms with Crippen molar-refractivity contribution in [2.45, 2.75) is 59.1 Å². The predicted molar refractivity (Wildman–Crippen MR) is 110 cm³/mol. The molecule has 2 heterocycles. The number of benzene rings is 1. The van der Waals surface area contributed by atoms with Gasteiger partial charge in [0.2, 0.25) is 5.91 Å². The Morgan fingerprint density at radius 1 is 1.14 bits per heavy atom. The lowest BCUT2D eigenvalue weighted by atomic mass is 9.58. The first-order valence-corrected chi connectivity index (χ1v) is 11.1. The highest BCUT2D eigenvalue weighted by atomic mass is 16.6. The molecule has 1 saturated heterocycles. The summed E-state index contributed by atoms with van der Waals surface area (Å²) in [6, 6.07) is 6.47. The summed E-state index contributed by atoms with van der Waals surface area (Å²) in [4.78, 5) is 12.7. The summed E-state index contributed by atoms with van der Waals surface area (Å²) < 4.78 is 17.9. The molecule has 5 nitrogen and oxygen atoms in total. The minimum atomic E-state index is 0.00760. The van der Waals surface area contributed by atoms with E-state index in [0.29, 0.717) is 25.0 Å². The normalized spacial score (nSPS) is 36.7. The van der Waals surface area contributed by atoms with Crippen molar-refractivity contribution < 1.29 is 19.0 Å². The second-order valence-electron chi connectivity index (χ2n) is 10.3. The number of amides is 1. The van der Waals surface area contributed by atoms with Crippen LogP contribution in [-0.2, 0) is 9.53 Å². The molecule has 3 fully saturated rings. The Morgan fingerprint density at radius 2 is 1.90 bits per heavy atom. The lowest BCUT2D eigenvalue weighted by Crippen LogP contribution is -2.59. The van der Waals surface area contributed by atoms with E-state index in [0.717, 1.165) is 24.5 Å². The first-order valence-electron chi connectivity index (χ1n) is 11.1. The van der Waals surface area contributed by atoms with Gasteiger partial charge in [-0.25, -0.2) is 0 Å². The summed E-state index contributed by atoms with van der Waals surface area (Å²) in [5, 5.41) is 3.47.